The molecule has 4 aromatic heterocycles. The molecule has 0 spiro atoms. The van der Waals surface area contributed by atoms with Crippen LogP contribution in [0.15, 0.2) is 83.7 Å². The number of nitrogens with zero attached hydrogens (tertiary/aromatic N) is 3. The number of hydrogen-bond donors (Lipinski definition) is 0. The average Bonchev–Trinajstić information content (AvgIpc) is 3.35. The molecular weight excluding hydrogens is 730 g/mol. The molecule has 0 N–H and O–H groups in total. The predicted molar refractivity (Wildman–Crippen MR) is 173 cm³/mol. The van der Waals surface area contributed by atoms with E-state index < -0.39 is 14.0 Å². The number of fused-ring (bicyclic) bond motifs is 3. The number of aromatic nitrogens is 3. The van der Waals surface area contributed by atoms with Gasteiger partial charge in [0.1, 0.15) is 5.82 Å². The minimum absolute atomic E-state index is 0. The van der Waals surface area contributed by atoms with E-state index in [-0.39, 0.29) is 25.9 Å². The largest absolute Gasteiger partial charge is 0.486 e. The number of rotatable bonds is 5. The van der Waals surface area contributed by atoms with Gasteiger partial charge in [0.05, 0.1) is 19.9 Å². The molecule has 223 valence electrons. The van der Waals surface area contributed by atoms with Crippen molar-refractivity contribution in [1.29, 1.82) is 0 Å². The van der Waals surface area contributed by atoms with Crippen LogP contribution in [0.2, 0.25) is 19.6 Å². The molecule has 0 aliphatic carbocycles. The van der Waals surface area contributed by atoms with Gasteiger partial charge in [-0.1, -0.05) is 81.5 Å². The van der Waals surface area contributed by atoms with Crippen LogP contribution < -0.4 is 5.19 Å². The zero-order chi connectivity index (χ0) is 30.9. The fourth-order valence-corrected chi connectivity index (χ4v) is 6.48. The summed E-state index contributed by atoms with van der Waals surface area (Å²) in [6.45, 7) is 15.1. The van der Waals surface area contributed by atoms with E-state index in [0.29, 0.717) is 22.6 Å². The molecule has 6 rings (SSSR count). The van der Waals surface area contributed by atoms with Crippen molar-refractivity contribution in [3.8, 4) is 22.5 Å². The topological polar surface area (TPSA) is 51.8 Å². The zero-order valence-electron chi connectivity index (χ0n) is 26.5. The molecule has 0 amide bonds. The first-order valence-electron chi connectivity index (χ1n) is 14.7. The Morgan fingerprint density at radius 1 is 0.860 bits per heavy atom. The molecule has 2 aromatic carbocycles. The minimum atomic E-state index is -1.50. The van der Waals surface area contributed by atoms with Crippen LogP contribution >= 0.6 is 0 Å². The normalized spacial score (nSPS) is 12.1. The Bertz CT molecular complexity index is 1900. The predicted octanol–water partition coefficient (Wildman–Crippen LogP) is 9.32. The van der Waals surface area contributed by atoms with Gasteiger partial charge in [-0.3, -0.25) is 0 Å². The van der Waals surface area contributed by atoms with Crippen molar-refractivity contribution in [2.75, 3.05) is 0 Å². The van der Waals surface area contributed by atoms with Crippen LogP contribution in [0, 0.1) is 17.9 Å². The van der Waals surface area contributed by atoms with Gasteiger partial charge in [0.25, 0.3) is 0 Å². The molecular formula is C36H36FIrN3OSi-2. The smallest absolute Gasteiger partial charge is 0.216 e. The standard InChI is InChI=1S/C19H14FN2O.C17H22NSi.Ir/c1-11(2)12-6-7-21-17(8-12)15-5-3-4-14-16-9-13(20)10-22-19(16)23-18(14)15;1-13(2)15-11-16(14-9-7-6-8-10-14)18-12-17(15)19(3,4)5;/h3-4,6-11H,1-2H3;6-9,11-13H,1-5H3;/q2*-1;/i;13D;. The summed E-state index contributed by atoms with van der Waals surface area (Å²) in [7, 11) is -1.50. The second kappa shape index (κ2) is 13.4. The zero-order valence-corrected chi connectivity index (χ0v) is 28.9. The molecule has 0 unspecified atom stereocenters. The Hall–Kier alpha value is -3.51. The Morgan fingerprint density at radius 2 is 1.65 bits per heavy atom. The van der Waals surface area contributed by atoms with Crippen LogP contribution in [0.3, 0.4) is 0 Å². The Morgan fingerprint density at radius 3 is 2.33 bits per heavy atom. The first-order chi connectivity index (χ1) is 20.3. The van der Waals surface area contributed by atoms with Gasteiger partial charge in [0.15, 0.2) is 0 Å². The van der Waals surface area contributed by atoms with Crippen LogP contribution in [-0.2, 0) is 20.1 Å². The summed E-state index contributed by atoms with van der Waals surface area (Å²) in [6.07, 6.45) is 4.93. The molecule has 0 aliphatic rings. The van der Waals surface area contributed by atoms with Crippen LogP contribution in [0.4, 0.5) is 4.39 Å². The molecule has 0 saturated carbocycles. The van der Waals surface area contributed by atoms with E-state index in [1.165, 1.54) is 16.8 Å². The van der Waals surface area contributed by atoms with Gasteiger partial charge in [-0.05, 0) is 40.5 Å². The molecule has 1 radical (unpaired) electrons. The maximum absolute atomic E-state index is 13.5. The van der Waals surface area contributed by atoms with E-state index in [0.717, 1.165) is 39.7 Å². The second-order valence-electron chi connectivity index (χ2n) is 12.0. The van der Waals surface area contributed by atoms with Crippen molar-refractivity contribution >= 4 is 35.3 Å². The molecule has 0 aliphatic heterocycles. The number of pyridine rings is 3. The maximum atomic E-state index is 13.5. The van der Waals surface area contributed by atoms with Crippen LogP contribution in [0.5, 0.6) is 0 Å². The third kappa shape index (κ3) is 7.18. The van der Waals surface area contributed by atoms with Crippen molar-refractivity contribution in [1.82, 2.24) is 15.0 Å². The van der Waals surface area contributed by atoms with Crippen molar-refractivity contribution in [3.63, 3.8) is 0 Å². The van der Waals surface area contributed by atoms with Crippen LogP contribution in [-0.4, -0.2) is 23.0 Å². The summed E-state index contributed by atoms with van der Waals surface area (Å²) in [4.78, 5) is 13.1. The summed E-state index contributed by atoms with van der Waals surface area (Å²) < 4.78 is 27.8. The molecule has 4 nitrogen and oxygen atoms in total. The van der Waals surface area contributed by atoms with Gasteiger partial charge >= 0.3 is 0 Å². The maximum Gasteiger partial charge on any atom is 0.216 e. The summed E-state index contributed by atoms with van der Waals surface area (Å²) in [5.74, 6) is -0.584. The third-order valence-corrected chi connectivity index (χ3v) is 9.21. The minimum Gasteiger partial charge on any atom is -0.486 e. The summed E-state index contributed by atoms with van der Waals surface area (Å²) in [5.41, 5.74) is 6.80. The van der Waals surface area contributed by atoms with E-state index in [1.807, 2.05) is 62.5 Å². The van der Waals surface area contributed by atoms with Gasteiger partial charge in [-0.25, -0.2) is 9.37 Å². The Kier molecular flexibility index (Phi) is 9.65. The summed E-state index contributed by atoms with van der Waals surface area (Å²) >= 11 is 0. The quantitative estimate of drug-likeness (QED) is 0.130. The van der Waals surface area contributed by atoms with E-state index in [4.69, 9.17) is 5.79 Å². The SMILES string of the molecule is CC(C)c1ccnc(-c2[c-]ccc3c2oc2ncc(F)cc23)c1.[2H]C(C)(C)c1cc(-c2[c-]cccc2)ncc1[Si](C)(C)C.[Ir]. The van der Waals surface area contributed by atoms with Gasteiger partial charge in [-0.2, -0.15) is 0 Å². The van der Waals surface area contributed by atoms with Crippen molar-refractivity contribution < 1.29 is 30.3 Å². The monoisotopic (exact) mass is 767 g/mol. The summed E-state index contributed by atoms with van der Waals surface area (Å²) in [6, 6.07) is 25.5. The van der Waals surface area contributed by atoms with Crippen LogP contribution in [0.25, 0.3) is 44.6 Å². The molecule has 43 heavy (non-hydrogen) atoms. The van der Waals surface area contributed by atoms with E-state index in [1.54, 1.807) is 12.3 Å². The van der Waals surface area contributed by atoms with Crippen LogP contribution in [0.1, 0.15) is 52.0 Å². The fraction of sp³-hybridized carbons (Fsp3) is 0.250. The molecule has 7 heteroatoms. The third-order valence-electron chi connectivity index (χ3n) is 7.20. The van der Waals surface area contributed by atoms with E-state index >= 15 is 0 Å². The number of furan rings is 1. The number of hydrogen-bond acceptors (Lipinski definition) is 4. The van der Waals surface area contributed by atoms with Crippen molar-refractivity contribution in [3.05, 3.63) is 108 Å². The molecule has 0 atom stereocenters. The molecule has 4 heterocycles. The summed E-state index contributed by atoms with van der Waals surface area (Å²) in [5, 5.41) is 2.75. The molecule has 0 bridgehead atoms. The molecule has 0 fully saturated rings. The number of benzene rings is 2. The van der Waals surface area contributed by atoms with Gasteiger partial charge in [0, 0.05) is 39.3 Å². The van der Waals surface area contributed by atoms with Gasteiger partial charge < -0.3 is 14.4 Å². The van der Waals surface area contributed by atoms with Gasteiger partial charge in [-0.15, -0.1) is 54.1 Å². The van der Waals surface area contributed by atoms with E-state index in [9.17, 15) is 4.39 Å². The van der Waals surface area contributed by atoms with Crippen molar-refractivity contribution in [2.24, 2.45) is 0 Å². The Balaban J connectivity index is 0.000000199. The van der Waals surface area contributed by atoms with Crippen molar-refractivity contribution in [2.45, 2.75) is 59.1 Å². The first-order valence-corrected chi connectivity index (χ1v) is 17.7. The number of halogens is 1. The molecule has 6 aromatic rings. The van der Waals surface area contributed by atoms with Gasteiger partial charge in [0.2, 0.25) is 5.71 Å². The second-order valence-corrected chi connectivity index (χ2v) is 17.0. The first kappa shape index (κ1) is 30.9. The average molecular weight is 767 g/mol. The molecule has 0 saturated heterocycles. The Labute approximate surface area is 269 Å². The van der Waals surface area contributed by atoms with E-state index in [2.05, 4.69) is 66.6 Å². The fourth-order valence-electron chi connectivity index (χ4n) is 4.90.